The van der Waals surface area contributed by atoms with E-state index in [1.807, 2.05) is 42.5 Å². The number of nitrogens with two attached hydrogens (primary N) is 1. The van der Waals surface area contributed by atoms with Crippen molar-refractivity contribution < 1.29 is 0 Å². The van der Waals surface area contributed by atoms with Crippen LogP contribution < -0.4 is 5.73 Å². The minimum absolute atomic E-state index is 0.777. The summed E-state index contributed by atoms with van der Waals surface area (Å²) in [6, 6.07) is 16.1. The number of thioether (sulfide) groups is 1. The molecule has 0 unspecified atom stereocenters. The zero-order valence-corrected chi connectivity index (χ0v) is 11.5. The molecule has 0 fully saturated rings. The largest absolute Gasteiger partial charge is 0.399 e. The molecule has 4 heteroatoms. The Morgan fingerprint density at radius 1 is 1.11 bits per heavy atom. The number of imidazole rings is 1. The molecule has 0 atom stereocenters. The molecule has 0 aliphatic heterocycles. The Morgan fingerprint density at radius 3 is 2.58 bits per heavy atom. The highest BCUT2D eigenvalue weighted by atomic mass is 32.2. The van der Waals surface area contributed by atoms with Crippen LogP contribution in [0.3, 0.4) is 0 Å². The average Bonchev–Trinajstić information content (AvgIpc) is 2.78. The summed E-state index contributed by atoms with van der Waals surface area (Å²) in [4.78, 5) is 4.71. The van der Waals surface area contributed by atoms with Crippen LogP contribution in [-0.2, 0) is 5.75 Å². The molecule has 0 radical (unpaired) electrons. The van der Waals surface area contributed by atoms with Gasteiger partial charge in [0.2, 0.25) is 0 Å². The number of nitrogens with zero attached hydrogens (tertiary/aromatic N) is 2. The second-order valence-corrected chi connectivity index (χ2v) is 5.24. The van der Waals surface area contributed by atoms with Gasteiger partial charge in [-0.3, -0.25) is 4.57 Å². The number of hydrogen-bond donors (Lipinski definition) is 1. The SMILES string of the molecule is CSCc1nc2ccccc2n1-c1ccc(N)cc1. The predicted octanol–water partition coefficient (Wildman–Crippen LogP) is 3.47. The molecule has 19 heavy (non-hydrogen) atoms. The smallest absolute Gasteiger partial charge is 0.124 e. The summed E-state index contributed by atoms with van der Waals surface area (Å²) in [5, 5.41) is 0. The molecule has 2 aromatic carbocycles. The summed E-state index contributed by atoms with van der Waals surface area (Å²) < 4.78 is 2.20. The van der Waals surface area contributed by atoms with Gasteiger partial charge in [0, 0.05) is 11.4 Å². The van der Waals surface area contributed by atoms with Gasteiger partial charge in [0.1, 0.15) is 5.82 Å². The lowest BCUT2D eigenvalue weighted by Gasteiger charge is -2.08. The van der Waals surface area contributed by atoms with Gasteiger partial charge >= 0.3 is 0 Å². The monoisotopic (exact) mass is 269 g/mol. The number of rotatable bonds is 3. The Labute approximate surface area is 116 Å². The van der Waals surface area contributed by atoms with Gasteiger partial charge in [-0.2, -0.15) is 11.8 Å². The fourth-order valence-corrected chi connectivity index (χ4v) is 2.67. The number of para-hydroxylation sites is 2. The van der Waals surface area contributed by atoms with Gasteiger partial charge in [-0.25, -0.2) is 4.98 Å². The van der Waals surface area contributed by atoms with Crippen LogP contribution in [0.15, 0.2) is 48.5 Å². The van der Waals surface area contributed by atoms with Crippen LogP contribution in [-0.4, -0.2) is 15.8 Å². The van der Waals surface area contributed by atoms with E-state index in [0.29, 0.717) is 0 Å². The Bertz CT molecular complexity index is 701. The number of anilines is 1. The van der Waals surface area contributed by atoms with Gasteiger partial charge in [0.25, 0.3) is 0 Å². The molecule has 3 nitrogen and oxygen atoms in total. The van der Waals surface area contributed by atoms with E-state index in [0.717, 1.165) is 34.0 Å². The second kappa shape index (κ2) is 4.97. The first-order valence-corrected chi connectivity index (χ1v) is 7.50. The Hall–Kier alpha value is -1.94. The van der Waals surface area contributed by atoms with E-state index in [9.17, 15) is 0 Å². The van der Waals surface area contributed by atoms with Crippen LogP contribution in [0.4, 0.5) is 5.69 Å². The third-order valence-corrected chi connectivity index (χ3v) is 3.60. The molecule has 3 rings (SSSR count). The van der Waals surface area contributed by atoms with Gasteiger partial charge < -0.3 is 5.73 Å². The van der Waals surface area contributed by atoms with Crippen molar-refractivity contribution in [2.75, 3.05) is 12.0 Å². The highest BCUT2D eigenvalue weighted by Gasteiger charge is 2.11. The lowest BCUT2D eigenvalue weighted by Crippen LogP contribution is -2.00. The summed E-state index contributed by atoms with van der Waals surface area (Å²) in [6.07, 6.45) is 2.09. The molecule has 3 aromatic rings. The molecule has 0 saturated carbocycles. The van der Waals surface area contributed by atoms with Crippen molar-refractivity contribution in [3.8, 4) is 5.69 Å². The standard InChI is InChI=1S/C15H15N3S/c1-19-10-15-17-13-4-2-3-5-14(13)18(15)12-8-6-11(16)7-9-12/h2-9H,10,16H2,1H3. The minimum Gasteiger partial charge on any atom is -0.399 e. The van der Waals surface area contributed by atoms with Crippen LogP contribution in [0.2, 0.25) is 0 Å². The van der Waals surface area contributed by atoms with Crippen molar-refractivity contribution in [1.29, 1.82) is 0 Å². The Balaban J connectivity index is 2.24. The molecule has 0 spiro atoms. The average molecular weight is 269 g/mol. The summed E-state index contributed by atoms with van der Waals surface area (Å²) >= 11 is 1.77. The predicted molar refractivity (Wildman–Crippen MR) is 82.7 cm³/mol. The lowest BCUT2D eigenvalue weighted by molar-refractivity contribution is 0.987. The minimum atomic E-state index is 0.777. The summed E-state index contributed by atoms with van der Waals surface area (Å²) in [5.41, 5.74) is 9.81. The molecular formula is C15H15N3S. The quantitative estimate of drug-likeness (QED) is 0.740. The Morgan fingerprint density at radius 2 is 1.84 bits per heavy atom. The first-order valence-electron chi connectivity index (χ1n) is 6.11. The Kier molecular flexibility index (Phi) is 3.17. The number of fused-ring (bicyclic) bond motifs is 1. The van der Waals surface area contributed by atoms with Crippen LogP contribution >= 0.6 is 11.8 Å². The molecule has 0 saturated heterocycles. The maximum absolute atomic E-state index is 5.76. The zero-order valence-electron chi connectivity index (χ0n) is 10.7. The molecule has 0 amide bonds. The van der Waals surface area contributed by atoms with Crippen LogP contribution in [0.25, 0.3) is 16.7 Å². The molecular weight excluding hydrogens is 254 g/mol. The van der Waals surface area contributed by atoms with Crippen LogP contribution in [0.1, 0.15) is 5.82 Å². The molecule has 0 aliphatic rings. The molecule has 96 valence electrons. The number of aromatic nitrogens is 2. The van der Waals surface area contributed by atoms with E-state index in [4.69, 9.17) is 10.7 Å². The highest BCUT2D eigenvalue weighted by Crippen LogP contribution is 2.24. The molecule has 2 N–H and O–H groups in total. The normalized spacial score (nSPS) is 11.0. The summed E-state index contributed by atoms with van der Waals surface area (Å²) in [7, 11) is 0. The van der Waals surface area contributed by atoms with Gasteiger partial charge in [-0.15, -0.1) is 0 Å². The number of benzene rings is 2. The van der Waals surface area contributed by atoms with E-state index in [1.54, 1.807) is 11.8 Å². The third-order valence-electron chi connectivity index (χ3n) is 3.05. The maximum Gasteiger partial charge on any atom is 0.124 e. The summed E-state index contributed by atoms with van der Waals surface area (Å²) in [6.45, 7) is 0. The first kappa shape index (κ1) is 12.1. The van der Waals surface area contributed by atoms with Crippen LogP contribution in [0, 0.1) is 0 Å². The lowest BCUT2D eigenvalue weighted by atomic mass is 10.2. The molecule has 1 heterocycles. The van der Waals surface area contributed by atoms with Crippen molar-refractivity contribution in [1.82, 2.24) is 9.55 Å². The van der Waals surface area contributed by atoms with E-state index in [-0.39, 0.29) is 0 Å². The highest BCUT2D eigenvalue weighted by molar-refractivity contribution is 7.97. The van der Waals surface area contributed by atoms with Crippen molar-refractivity contribution in [3.05, 3.63) is 54.4 Å². The first-order chi connectivity index (χ1) is 9.29. The van der Waals surface area contributed by atoms with Gasteiger partial charge in [-0.05, 0) is 42.7 Å². The van der Waals surface area contributed by atoms with E-state index in [1.165, 1.54) is 0 Å². The van der Waals surface area contributed by atoms with Crippen molar-refractivity contribution in [2.45, 2.75) is 5.75 Å². The van der Waals surface area contributed by atoms with Crippen molar-refractivity contribution in [3.63, 3.8) is 0 Å². The van der Waals surface area contributed by atoms with Gasteiger partial charge in [0.15, 0.2) is 0 Å². The van der Waals surface area contributed by atoms with E-state index in [2.05, 4.69) is 16.9 Å². The fourth-order valence-electron chi connectivity index (χ4n) is 2.21. The maximum atomic E-state index is 5.76. The van der Waals surface area contributed by atoms with Crippen molar-refractivity contribution in [2.24, 2.45) is 0 Å². The third kappa shape index (κ3) is 2.19. The molecule has 0 bridgehead atoms. The molecule has 1 aromatic heterocycles. The zero-order chi connectivity index (χ0) is 13.2. The van der Waals surface area contributed by atoms with Crippen LogP contribution in [0.5, 0.6) is 0 Å². The van der Waals surface area contributed by atoms with Gasteiger partial charge in [-0.1, -0.05) is 12.1 Å². The topological polar surface area (TPSA) is 43.8 Å². The van der Waals surface area contributed by atoms with Crippen molar-refractivity contribution >= 4 is 28.5 Å². The second-order valence-electron chi connectivity index (χ2n) is 4.38. The number of hydrogen-bond acceptors (Lipinski definition) is 3. The molecule has 0 aliphatic carbocycles. The van der Waals surface area contributed by atoms with Gasteiger partial charge in [0.05, 0.1) is 16.8 Å². The summed E-state index contributed by atoms with van der Waals surface area (Å²) in [5.74, 6) is 1.96. The number of nitrogen functional groups attached to an aromatic ring is 1. The van der Waals surface area contributed by atoms with E-state index < -0.39 is 0 Å². The van der Waals surface area contributed by atoms with E-state index >= 15 is 0 Å². The fraction of sp³-hybridized carbons (Fsp3) is 0.133.